The molecule has 0 unspecified atom stereocenters. The van der Waals surface area contributed by atoms with Gasteiger partial charge in [-0.05, 0) is 42.7 Å². The normalized spacial score (nSPS) is 10.8. The first-order chi connectivity index (χ1) is 12.9. The minimum atomic E-state index is -0.506. The van der Waals surface area contributed by atoms with Crippen LogP contribution in [0, 0.1) is 17.0 Å². The third kappa shape index (κ3) is 4.62. The number of hydrogen-bond donors (Lipinski definition) is 0. The van der Waals surface area contributed by atoms with Crippen LogP contribution in [0.25, 0.3) is 0 Å². The number of hydrogen-bond acceptors (Lipinski definition) is 6. The monoisotopic (exact) mass is 381 g/mol. The van der Waals surface area contributed by atoms with Crippen LogP contribution in [0.15, 0.2) is 64.8 Å². The van der Waals surface area contributed by atoms with E-state index in [-0.39, 0.29) is 16.6 Å². The van der Waals surface area contributed by atoms with Crippen LogP contribution in [-0.2, 0) is 0 Å². The highest BCUT2D eigenvalue weighted by atomic mass is 32.2. The molecule has 1 heterocycles. The summed E-state index contributed by atoms with van der Waals surface area (Å²) in [5.74, 6) is 0.819. The molecule has 0 aliphatic rings. The lowest BCUT2D eigenvalue weighted by Gasteiger charge is -2.09. The van der Waals surface area contributed by atoms with Gasteiger partial charge >= 0.3 is 11.6 Å². The third-order valence-corrected chi connectivity index (χ3v) is 4.93. The molecule has 0 amide bonds. The number of nitro groups is 1. The Hall–Kier alpha value is -2.93. The first-order valence-corrected chi connectivity index (χ1v) is 9.27. The quantitative estimate of drug-likeness (QED) is 0.307. The lowest BCUT2D eigenvalue weighted by molar-refractivity contribution is -0.389. The Kier molecular flexibility index (Phi) is 5.71. The molecule has 2 aromatic carbocycles. The van der Waals surface area contributed by atoms with Crippen molar-refractivity contribution in [2.45, 2.75) is 36.6 Å². The van der Waals surface area contributed by atoms with Gasteiger partial charge in [0.05, 0.1) is 4.92 Å². The van der Waals surface area contributed by atoms with E-state index >= 15 is 0 Å². The number of aryl methyl sites for hydroxylation is 1. The van der Waals surface area contributed by atoms with Crippen molar-refractivity contribution in [3.63, 3.8) is 0 Å². The molecule has 0 atom stereocenters. The van der Waals surface area contributed by atoms with Crippen LogP contribution in [0.1, 0.15) is 30.9 Å². The van der Waals surface area contributed by atoms with Crippen molar-refractivity contribution in [2.75, 3.05) is 0 Å². The van der Waals surface area contributed by atoms with E-state index in [0.29, 0.717) is 11.7 Å². The van der Waals surface area contributed by atoms with E-state index in [0.717, 1.165) is 16.0 Å². The lowest BCUT2D eigenvalue weighted by atomic mass is 10.0. The molecule has 27 heavy (non-hydrogen) atoms. The van der Waals surface area contributed by atoms with Gasteiger partial charge in [0.25, 0.3) is 0 Å². The second-order valence-electron chi connectivity index (χ2n) is 6.33. The second kappa shape index (κ2) is 8.18. The molecule has 0 fully saturated rings. The standard InChI is InChI=1S/C20H19N3O3S/c1-13(2)15-6-8-16(9-7-15)26-19-18(23(24)25)20(22-12-21-19)27-17-10-4-14(3)5-11-17/h4-13H,1-3H3. The van der Waals surface area contributed by atoms with Crippen LogP contribution < -0.4 is 4.74 Å². The number of benzene rings is 2. The third-order valence-electron chi connectivity index (χ3n) is 3.93. The predicted octanol–water partition coefficient (Wildman–Crippen LogP) is 5.76. The molecule has 3 rings (SSSR count). The van der Waals surface area contributed by atoms with Gasteiger partial charge in [-0.1, -0.05) is 55.4 Å². The summed E-state index contributed by atoms with van der Waals surface area (Å²) in [4.78, 5) is 20.1. The van der Waals surface area contributed by atoms with Crippen LogP contribution in [0.3, 0.4) is 0 Å². The Labute approximate surface area is 161 Å². The fraction of sp³-hybridized carbons (Fsp3) is 0.200. The second-order valence-corrected chi connectivity index (χ2v) is 7.39. The largest absolute Gasteiger partial charge is 0.434 e. The van der Waals surface area contributed by atoms with Gasteiger partial charge in [-0.25, -0.2) is 4.98 Å². The summed E-state index contributed by atoms with van der Waals surface area (Å²) in [5, 5.41) is 11.9. The minimum absolute atomic E-state index is 0.0677. The van der Waals surface area contributed by atoms with Gasteiger partial charge in [0, 0.05) is 4.90 Å². The average molecular weight is 381 g/mol. The number of nitrogens with zero attached hydrogens (tertiary/aromatic N) is 3. The van der Waals surface area contributed by atoms with Crippen LogP contribution in [0.4, 0.5) is 5.69 Å². The Bertz CT molecular complexity index is 942. The molecular weight excluding hydrogens is 362 g/mol. The van der Waals surface area contributed by atoms with Gasteiger partial charge in [-0.15, -0.1) is 0 Å². The molecule has 0 aliphatic carbocycles. The van der Waals surface area contributed by atoms with Crippen molar-refractivity contribution >= 4 is 17.4 Å². The van der Waals surface area contributed by atoms with E-state index in [1.54, 1.807) is 12.1 Å². The Morgan fingerprint density at radius 2 is 1.70 bits per heavy atom. The zero-order valence-corrected chi connectivity index (χ0v) is 16.1. The lowest BCUT2D eigenvalue weighted by Crippen LogP contribution is -2.00. The number of aromatic nitrogens is 2. The van der Waals surface area contributed by atoms with E-state index in [2.05, 4.69) is 23.8 Å². The van der Waals surface area contributed by atoms with Crippen molar-refractivity contribution in [3.8, 4) is 11.6 Å². The summed E-state index contributed by atoms with van der Waals surface area (Å²) in [6, 6.07) is 15.1. The van der Waals surface area contributed by atoms with Crippen molar-refractivity contribution in [1.29, 1.82) is 0 Å². The highest BCUT2D eigenvalue weighted by Crippen LogP contribution is 2.39. The van der Waals surface area contributed by atoms with Gasteiger partial charge in [-0.3, -0.25) is 10.1 Å². The Balaban J connectivity index is 1.91. The molecule has 0 spiro atoms. The fourth-order valence-corrected chi connectivity index (χ4v) is 3.26. The first kappa shape index (κ1) is 18.8. The SMILES string of the molecule is Cc1ccc(Sc2ncnc(Oc3ccc(C(C)C)cc3)c2[N+](=O)[O-])cc1. The van der Waals surface area contributed by atoms with E-state index in [4.69, 9.17) is 4.74 Å². The van der Waals surface area contributed by atoms with Gasteiger partial charge in [0.2, 0.25) is 0 Å². The topological polar surface area (TPSA) is 78.2 Å². The maximum absolute atomic E-state index is 11.7. The summed E-state index contributed by atoms with van der Waals surface area (Å²) >= 11 is 1.21. The molecule has 1 aromatic heterocycles. The smallest absolute Gasteiger partial charge is 0.363 e. The van der Waals surface area contributed by atoms with Crippen LogP contribution in [-0.4, -0.2) is 14.9 Å². The number of rotatable bonds is 6. The first-order valence-electron chi connectivity index (χ1n) is 8.45. The maximum Gasteiger partial charge on any atom is 0.363 e. The zero-order valence-electron chi connectivity index (χ0n) is 15.2. The van der Waals surface area contributed by atoms with Crippen molar-refractivity contribution < 1.29 is 9.66 Å². The molecule has 3 aromatic rings. The highest BCUT2D eigenvalue weighted by Gasteiger charge is 2.25. The van der Waals surface area contributed by atoms with E-state index in [1.807, 2.05) is 43.3 Å². The van der Waals surface area contributed by atoms with E-state index < -0.39 is 4.92 Å². The van der Waals surface area contributed by atoms with Crippen LogP contribution in [0.5, 0.6) is 11.6 Å². The van der Waals surface area contributed by atoms with Gasteiger partial charge in [-0.2, -0.15) is 4.98 Å². The average Bonchev–Trinajstić information content (AvgIpc) is 2.64. The molecule has 6 nitrogen and oxygen atoms in total. The zero-order chi connectivity index (χ0) is 19.4. The summed E-state index contributed by atoms with van der Waals surface area (Å²) in [5.41, 5.74) is 2.04. The highest BCUT2D eigenvalue weighted by molar-refractivity contribution is 7.99. The molecular formula is C20H19N3O3S. The van der Waals surface area contributed by atoms with E-state index in [9.17, 15) is 10.1 Å². The maximum atomic E-state index is 11.7. The summed E-state index contributed by atoms with van der Waals surface area (Å²) in [6.07, 6.45) is 1.28. The molecule has 0 N–H and O–H groups in total. The summed E-state index contributed by atoms with van der Waals surface area (Å²) in [6.45, 7) is 6.18. The van der Waals surface area contributed by atoms with Crippen molar-refractivity contribution in [1.82, 2.24) is 9.97 Å². The molecule has 7 heteroatoms. The molecule has 0 radical (unpaired) electrons. The predicted molar refractivity (Wildman–Crippen MR) is 105 cm³/mol. The fourth-order valence-electron chi connectivity index (χ4n) is 2.40. The molecule has 0 saturated heterocycles. The van der Waals surface area contributed by atoms with Crippen LogP contribution >= 0.6 is 11.8 Å². The van der Waals surface area contributed by atoms with Crippen molar-refractivity contribution in [3.05, 3.63) is 76.1 Å². The number of ether oxygens (including phenoxy) is 1. The van der Waals surface area contributed by atoms with E-state index in [1.165, 1.54) is 18.1 Å². The summed E-state index contributed by atoms with van der Waals surface area (Å²) in [7, 11) is 0. The molecule has 0 saturated carbocycles. The summed E-state index contributed by atoms with van der Waals surface area (Å²) < 4.78 is 5.70. The Morgan fingerprint density at radius 3 is 2.30 bits per heavy atom. The van der Waals surface area contributed by atoms with Crippen molar-refractivity contribution in [2.24, 2.45) is 0 Å². The van der Waals surface area contributed by atoms with Gasteiger partial charge in [0.1, 0.15) is 12.1 Å². The Morgan fingerprint density at radius 1 is 1.04 bits per heavy atom. The van der Waals surface area contributed by atoms with Gasteiger partial charge < -0.3 is 4.74 Å². The van der Waals surface area contributed by atoms with Crippen LogP contribution in [0.2, 0.25) is 0 Å². The molecule has 0 bridgehead atoms. The van der Waals surface area contributed by atoms with Gasteiger partial charge in [0.15, 0.2) is 5.03 Å². The molecule has 138 valence electrons. The molecule has 0 aliphatic heterocycles. The minimum Gasteiger partial charge on any atom is -0.434 e.